The Morgan fingerprint density at radius 3 is 2.76 bits per heavy atom. The zero-order chi connectivity index (χ0) is 20.9. The number of rotatable bonds is 3. The third kappa shape index (κ3) is 3.68. The van der Waals surface area contributed by atoms with Gasteiger partial charge in [-0.05, 0) is 82.1 Å². The molecule has 0 aliphatic heterocycles. The highest BCUT2D eigenvalue weighted by atomic mass is 16.3. The van der Waals surface area contributed by atoms with E-state index in [2.05, 4.69) is 19.9 Å². The molecule has 0 aromatic rings. The van der Waals surface area contributed by atoms with Crippen molar-refractivity contribution in [2.75, 3.05) is 0 Å². The summed E-state index contributed by atoms with van der Waals surface area (Å²) < 4.78 is 0. The molecule has 2 bridgehead atoms. The van der Waals surface area contributed by atoms with Crippen LogP contribution in [-0.2, 0) is 4.79 Å². The molecule has 0 heterocycles. The molecule has 2 fully saturated rings. The van der Waals surface area contributed by atoms with Gasteiger partial charge in [0.2, 0.25) is 0 Å². The molecule has 0 spiro atoms. The first-order valence-electron chi connectivity index (χ1n) is 11.4. The Kier molecular flexibility index (Phi) is 5.65. The summed E-state index contributed by atoms with van der Waals surface area (Å²) in [4.78, 5) is 13.0. The van der Waals surface area contributed by atoms with Crippen LogP contribution in [0.15, 0.2) is 34.9 Å². The summed E-state index contributed by atoms with van der Waals surface area (Å²) >= 11 is 0. The molecular weight excluding hydrogens is 364 g/mol. The van der Waals surface area contributed by atoms with Crippen LogP contribution in [-0.4, -0.2) is 39.4 Å². The lowest BCUT2D eigenvalue weighted by molar-refractivity contribution is -0.119. The molecule has 4 aliphatic rings. The summed E-state index contributed by atoms with van der Waals surface area (Å²) in [6.45, 7) is 6.07. The van der Waals surface area contributed by atoms with Gasteiger partial charge in [-0.15, -0.1) is 0 Å². The van der Waals surface area contributed by atoms with Gasteiger partial charge in [0.25, 0.3) is 0 Å². The molecule has 4 rings (SSSR count). The molecule has 2 saturated carbocycles. The van der Waals surface area contributed by atoms with Crippen molar-refractivity contribution in [3.8, 4) is 0 Å². The molecule has 4 aliphatic carbocycles. The van der Waals surface area contributed by atoms with Crippen LogP contribution in [0.25, 0.3) is 0 Å². The molecule has 4 heteroatoms. The quantitative estimate of drug-likeness (QED) is 0.631. The number of carbonyl (C=O) groups excluding carboxylic acids is 1. The lowest BCUT2D eigenvalue weighted by Gasteiger charge is -2.46. The Balaban J connectivity index is 1.66. The van der Waals surface area contributed by atoms with Gasteiger partial charge in [-0.25, -0.2) is 0 Å². The van der Waals surface area contributed by atoms with Gasteiger partial charge in [-0.3, -0.25) is 4.79 Å². The van der Waals surface area contributed by atoms with Crippen LogP contribution in [0.2, 0.25) is 0 Å². The zero-order valence-electron chi connectivity index (χ0n) is 18.0. The predicted octanol–water partition coefficient (Wildman–Crippen LogP) is 3.71. The van der Waals surface area contributed by atoms with Crippen molar-refractivity contribution >= 4 is 5.78 Å². The molecule has 0 aromatic carbocycles. The van der Waals surface area contributed by atoms with Gasteiger partial charge in [0.05, 0.1) is 18.3 Å². The Bertz CT molecular complexity index is 761. The van der Waals surface area contributed by atoms with E-state index < -0.39 is 18.3 Å². The number of hydrogen-bond acceptors (Lipinski definition) is 4. The van der Waals surface area contributed by atoms with Gasteiger partial charge in [0.1, 0.15) is 0 Å². The summed E-state index contributed by atoms with van der Waals surface area (Å²) in [6.07, 6.45) is 10.4. The summed E-state index contributed by atoms with van der Waals surface area (Å²) in [6, 6.07) is 0. The van der Waals surface area contributed by atoms with Crippen molar-refractivity contribution in [3.05, 3.63) is 34.9 Å². The Labute approximate surface area is 174 Å². The highest BCUT2D eigenvalue weighted by Crippen LogP contribution is 2.62. The third-order valence-corrected chi connectivity index (χ3v) is 8.44. The summed E-state index contributed by atoms with van der Waals surface area (Å²) in [7, 11) is 0. The van der Waals surface area contributed by atoms with Crippen LogP contribution in [0.3, 0.4) is 0 Å². The lowest BCUT2D eigenvalue weighted by Crippen LogP contribution is -2.37. The first-order valence-corrected chi connectivity index (χ1v) is 11.4. The highest BCUT2D eigenvalue weighted by Gasteiger charge is 2.53. The molecule has 29 heavy (non-hydrogen) atoms. The van der Waals surface area contributed by atoms with E-state index >= 15 is 0 Å². The lowest BCUT2D eigenvalue weighted by atomic mass is 9.58. The topological polar surface area (TPSA) is 77.8 Å². The SMILES string of the molecule is C/C(=C/[C@H](O)[C@@H](C)O)[C@H]1CC[C@H]2C3=CC(=O)[C@H]4CC(=CC[C@H](O)C4)[C@H]3CC[C@]12C. The Hall–Kier alpha value is -1.23. The van der Waals surface area contributed by atoms with E-state index in [1.807, 2.05) is 12.2 Å². The molecular formula is C25H36O4. The summed E-state index contributed by atoms with van der Waals surface area (Å²) in [5.41, 5.74) is 3.97. The van der Waals surface area contributed by atoms with E-state index in [-0.39, 0.29) is 17.1 Å². The second kappa shape index (κ2) is 7.79. The van der Waals surface area contributed by atoms with Gasteiger partial charge in [-0.1, -0.05) is 35.8 Å². The average Bonchev–Trinajstić information content (AvgIpc) is 2.80. The van der Waals surface area contributed by atoms with Crippen molar-refractivity contribution in [1.29, 1.82) is 0 Å². The standard InChI is InChI=1S/C25H36O4/c1-14(10-23(28)15(2)26)21-6-7-22-20-13-24(29)17-11-16(4-5-18(27)12-17)19(20)8-9-25(21,22)3/h4,10,13,15,17-19,21-23,26-28H,5-9,11-12H2,1-3H3/b14-10-/t15-,17+,18+,19-,21-,22+,23+,25-/m1/s1. The van der Waals surface area contributed by atoms with Gasteiger partial charge in [0, 0.05) is 11.8 Å². The summed E-state index contributed by atoms with van der Waals surface area (Å²) in [5, 5.41) is 30.0. The Morgan fingerprint density at radius 2 is 2.03 bits per heavy atom. The fourth-order valence-electron chi connectivity index (χ4n) is 6.82. The van der Waals surface area contributed by atoms with Gasteiger partial charge < -0.3 is 15.3 Å². The van der Waals surface area contributed by atoms with E-state index in [9.17, 15) is 20.1 Å². The number of fused-ring (bicyclic) bond motifs is 6. The minimum Gasteiger partial charge on any atom is -0.393 e. The minimum atomic E-state index is -0.827. The van der Waals surface area contributed by atoms with Crippen molar-refractivity contribution in [3.63, 3.8) is 0 Å². The van der Waals surface area contributed by atoms with Crippen molar-refractivity contribution < 1.29 is 20.1 Å². The Morgan fingerprint density at radius 1 is 1.28 bits per heavy atom. The van der Waals surface area contributed by atoms with Crippen LogP contribution in [0.1, 0.15) is 65.7 Å². The maximum atomic E-state index is 13.0. The van der Waals surface area contributed by atoms with E-state index in [0.29, 0.717) is 30.6 Å². The average molecular weight is 401 g/mol. The molecule has 160 valence electrons. The molecule has 0 aromatic heterocycles. The number of aliphatic hydroxyl groups is 3. The molecule has 8 atom stereocenters. The second-order valence-electron chi connectivity index (χ2n) is 10.3. The van der Waals surface area contributed by atoms with Crippen molar-refractivity contribution in [1.82, 2.24) is 0 Å². The molecule has 3 N–H and O–H groups in total. The fourth-order valence-corrected chi connectivity index (χ4v) is 6.82. The maximum absolute atomic E-state index is 13.0. The highest BCUT2D eigenvalue weighted by molar-refractivity contribution is 5.93. The molecule has 4 nitrogen and oxygen atoms in total. The van der Waals surface area contributed by atoms with Crippen LogP contribution in [0.5, 0.6) is 0 Å². The van der Waals surface area contributed by atoms with Gasteiger partial charge in [0.15, 0.2) is 5.78 Å². The maximum Gasteiger partial charge on any atom is 0.159 e. The first-order chi connectivity index (χ1) is 13.7. The molecule has 0 unspecified atom stereocenters. The number of ketones is 1. The largest absolute Gasteiger partial charge is 0.393 e. The van der Waals surface area contributed by atoms with Crippen LogP contribution in [0, 0.1) is 29.1 Å². The number of hydrogen-bond donors (Lipinski definition) is 3. The van der Waals surface area contributed by atoms with Crippen LogP contribution < -0.4 is 0 Å². The normalized spacial score (nSPS) is 42.1. The van der Waals surface area contributed by atoms with Crippen LogP contribution >= 0.6 is 0 Å². The predicted molar refractivity (Wildman–Crippen MR) is 113 cm³/mol. The molecule has 0 saturated heterocycles. The van der Waals surface area contributed by atoms with E-state index in [0.717, 1.165) is 32.1 Å². The van der Waals surface area contributed by atoms with E-state index in [1.165, 1.54) is 16.7 Å². The zero-order valence-corrected chi connectivity index (χ0v) is 18.0. The van der Waals surface area contributed by atoms with Gasteiger partial charge >= 0.3 is 0 Å². The van der Waals surface area contributed by atoms with Gasteiger partial charge in [-0.2, -0.15) is 0 Å². The number of carbonyl (C=O) groups is 1. The van der Waals surface area contributed by atoms with Crippen LogP contribution in [0.4, 0.5) is 0 Å². The second-order valence-corrected chi connectivity index (χ2v) is 10.3. The molecule has 0 amide bonds. The van der Waals surface area contributed by atoms with E-state index in [1.54, 1.807) is 6.92 Å². The monoisotopic (exact) mass is 400 g/mol. The fraction of sp³-hybridized carbons (Fsp3) is 0.720. The third-order valence-electron chi connectivity index (χ3n) is 8.44. The first kappa shape index (κ1) is 21.0. The van der Waals surface area contributed by atoms with Crippen molar-refractivity contribution in [2.45, 2.75) is 84.0 Å². The van der Waals surface area contributed by atoms with Crippen molar-refractivity contribution in [2.24, 2.45) is 29.1 Å². The summed E-state index contributed by atoms with van der Waals surface area (Å²) in [5.74, 6) is 1.27. The van der Waals surface area contributed by atoms with E-state index in [4.69, 9.17) is 0 Å². The minimum absolute atomic E-state index is 0.0665. The smallest absolute Gasteiger partial charge is 0.159 e. The molecule has 0 radical (unpaired) electrons. The number of allylic oxidation sites excluding steroid dienone is 4. The number of aliphatic hydroxyl groups excluding tert-OH is 3.